The van der Waals surface area contributed by atoms with Gasteiger partial charge in [0.1, 0.15) is 29.9 Å². The molecule has 0 aliphatic carbocycles. The van der Waals surface area contributed by atoms with Gasteiger partial charge in [-0.15, -0.1) is 0 Å². The van der Waals surface area contributed by atoms with Gasteiger partial charge in [-0.3, -0.25) is 9.36 Å². The number of esters is 1. The smallest absolute Gasteiger partial charge is 0.338 e. The lowest BCUT2D eigenvalue weighted by molar-refractivity contribution is -0.139. The fourth-order valence-electron chi connectivity index (χ4n) is 4.81. The van der Waals surface area contributed by atoms with Crippen molar-refractivity contribution in [3.05, 3.63) is 118 Å². The number of nitrogens with zero attached hydrogens (tertiary/aromatic N) is 2. The van der Waals surface area contributed by atoms with Gasteiger partial charge in [0, 0.05) is 32.8 Å². The molecular weight excluding hydrogens is 611 g/mol. The van der Waals surface area contributed by atoms with Crippen LogP contribution in [0, 0.1) is 0 Å². The molecule has 0 amide bonds. The lowest BCUT2D eigenvalue weighted by Crippen LogP contribution is -2.40. The van der Waals surface area contributed by atoms with Gasteiger partial charge in [-0.25, -0.2) is 9.79 Å². The third-order valence-electron chi connectivity index (χ3n) is 6.85. The van der Waals surface area contributed by atoms with Gasteiger partial charge in [0.25, 0.3) is 5.56 Å². The zero-order chi connectivity index (χ0) is 30.7. The molecule has 0 fully saturated rings. The fraction of sp³-hybridized carbons (Fsp3) is 0.219. The number of benzene rings is 3. The molecule has 0 N–H and O–H groups in total. The normalized spacial score (nSPS) is 14.7. The van der Waals surface area contributed by atoms with Gasteiger partial charge in [0.05, 0.1) is 36.6 Å². The van der Waals surface area contributed by atoms with Crippen LogP contribution in [0.2, 0.25) is 10.0 Å². The van der Waals surface area contributed by atoms with Crippen molar-refractivity contribution in [2.45, 2.75) is 26.5 Å². The largest absolute Gasteiger partial charge is 0.497 e. The van der Waals surface area contributed by atoms with Crippen LogP contribution in [-0.4, -0.2) is 31.4 Å². The van der Waals surface area contributed by atoms with E-state index in [1.807, 2.05) is 18.2 Å². The first-order chi connectivity index (χ1) is 20.7. The Hall–Kier alpha value is -4.05. The first-order valence-corrected chi connectivity index (χ1v) is 14.9. The minimum absolute atomic E-state index is 0.165. The van der Waals surface area contributed by atoms with Crippen LogP contribution in [0.1, 0.15) is 36.6 Å². The Kier molecular flexibility index (Phi) is 9.25. The number of ether oxygens (including phenoxy) is 4. The second-order valence-electron chi connectivity index (χ2n) is 9.47. The van der Waals surface area contributed by atoms with E-state index in [0.717, 1.165) is 5.56 Å². The SMILES string of the molecule is CCOC(=O)C1=C(C)N=c2s/c(=C\c3cc(Cl)ccc3OCc3ccccc3Cl)c(=O)n2[C@@H]1c1ccc(OC)cc1OC. The molecular formula is C32H28Cl2N2O6S. The van der Waals surface area contributed by atoms with Crippen molar-refractivity contribution in [1.82, 2.24) is 4.57 Å². The molecule has 0 spiro atoms. The van der Waals surface area contributed by atoms with E-state index in [9.17, 15) is 9.59 Å². The molecule has 1 aliphatic heterocycles. The predicted octanol–water partition coefficient (Wildman–Crippen LogP) is 5.70. The summed E-state index contributed by atoms with van der Waals surface area (Å²) >= 11 is 13.9. The molecule has 1 aliphatic rings. The first kappa shape index (κ1) is 30.4. The molecule has 222 valence electrons. The van der Waals surface area contributed by atoms with Gasteiger partial charge in [-0.2, -0.15) is 0 Å². The highest BCUT2D eigenvalue weighted by Crippen LogP contribution is 2.37. The molecule has 0 saturated heterocycles. The lowest BCUT2D eigenvalue weighted by atomic mass is 9.95. The number of rotatable bonds is 9. The van der Waals surface area contributed by atoms with Gasteiger partial charge in [0.15, 0.2) is 4.80 Å². The van der Waals surface area contributed by atoms with Crippen LogP contribution >= 0.6 is 34.5 Å². The lowest BCUT2D eigenvalue weighted by Gasteiger charge is -2.26. The van der Waals surface area contributed by atoms with Crippen molar-refractivity contribution in [2.75, 3.05) is 20.8 Å². The van der Waals surface area contributed by atoms with E-state index in [1.54, 1.807) is 69.5 Å². The molecule has 0 unspecified atom stereocenters. The summed E-state index contributed by atoms with van der Waals surface area (Å²) in [6.45, 7) is 3.84. The van der Waals surface area contributed by atoms with Crippen LogP contribution < -0.4 is 29.1 Å². The van der Waals surface area contributed by atoms with Gasteiger partial charge in [-0.1, -0.05) is 52.7 Å². The maximum Gasteiger partial charge on any atom is 0.338 e. The van der Waals surface area contributed by atoms with Crippen LogP contribution in [0.5, 0.6) is 17.2 Å². The second kappa shape index (κ2) is 13.1. The summed E-state index contributed by atoms with van der Waals surface area (Å²) in [5.41, 5.74) is 2.35. The highest BCUT2D eigenvalue weighted by molar-refractivity contribution is 7.07. The molecule has 5 rings (SSSR count). The van der Waals surface area contributed by atoms with Gasteiger partial charge in [-0.05, 0) is 56.3 Å². The maximum absolute atomic E-state index is 14.1. The Morgan fingerprint density at radius 1 is 1.05 bits per heavy atom. The zero-order valence-electron chi connectivity index (χ0n) is 23.9. The molecule has 2 heterocycles. The summed E-state index contributed by atoms with van der Waals surface area (Å²) in [6.07, 6.45) is 1.71. The third kappa shape index (κ3) is 6.20. The number of carbonyl (C=O) groups is 1. The van der Waals surface area contributed by atoms with Crippen molar-refractivity contribution in [1.29, 1.82) is 0 Å². The van der Waals surface area contributed by atoms with Gasteiger partial charge >= 0.3 is 5.97 Å². The molecule has 11 heteroatoms. The molecule has 0 saturated carbocycles. The summed E-state index contributed by atoms with van der Waals surface area (Å²) in [4.78, 5) is 32.5. The van der Waals surface area contributed by atoms with E-state index in [1.165, 1.54) is 23.0 Å². The number of methoxy groups -OCH3 is 2. The molecule has 43 heavy (non-hydrogen) atoms. The Balaban J connectivity index is 1.66. The quantitative estimate of drug-likeness (QED) is 0.219. The second-order valence-corrected chi connectivity index (χ2v) is 11.3. The molecule has 1 atom stereocenters. The van der Waals surface area contributed by atoms with Crippen LogP contribution in [0.3, 0.4) is 0 Å². The van der Waals surface area contributed by atoms with Crippen molar-refractivity contribution in [3.8, 4) is 17.2 Å². The van der Waals surface area contributed by atoms with Crippen LogP contribution in [-0.2, 0) is 16.1 Å². The Labute approximate surface area is 262 Å². The predicted molar refractivity (Wildman–Crippen MR) is 167 cm³/mol. The standard InChI is InChI=1S/C32H28Cl2N2O6S/c1-5-41-31(38)28-18(2)35-32-36(29(28)23-12-11-22(39-3)16-26(23)40-4)30(37)27(43-32)15-20-14-21(33)10-13-25(20)42-17-19-8-6-7-9-24(19)34/h6-16,29H,5,17H2,1-4H3/b27-15-/t29-/m1/s1. The average molecular weight is 640 g/mol. The highest BCUT2D eigenvalue weighted by atomic mass is 35.5. The highest BCUT2D eigenvalue weighted by Gasteiger charge is 2.35. The number of hydrogen-bond donors (Lipinski definition) is 0. The number of allylic oxidation sites excluding steroid dienone is 1. The first-order valence-electron chi connectivity index (χ1n) is 13.3. The van der Waals surface area contributed by atoms with Crippen LogP contribution in [0.15, 0.2) is 81.7 Å². The van der Waals surface area contributed by atoms with Crippen molar-refractivity contribution < 1.29 is 23.7 Å². The number of halogens is 2. The Bertz CT molecular complexity index is 1910. The fourth-order valence-corrected chi connectivity index (χ4v) is 6.21. The summed E-state index contributed by atoms with van der Waals surface area (Å²) in [7, 11) is 3.07. The van der Waals surface area contributed by atoms with E-state index in [-0.39, 0.29) is 24.3 Å². The van der Waals surface area contributed by atoms with E-state index in [2.05, 4.69) is 4.99 Å². The molecule has 0 bridgehead atoms. The van der Waals surface area contributed by atoms with E-state index < -0.39 is 12.0 Å². The average Bonchev–Trinajstić information content (AvgIpc) is 3.30. The molecule has 4 aromatic rings. The van der Waals surface area contributed by atoms with Crippen molar-refractivity contribution in [2.24, 2.45) is 4.99 Å². The summed E-state index contributed by atoms with van der Waals surface area (Å²) in [5.74, 6) is 0.968. The number of fused-ring (bicyclic) bond motifs is 1. The Morgan fingerprint density at radius 3 is 2.56 bits per heavy atom. The molecule has 0 radical (unpaired) electrons. The minimum atomic E-state index is -0.853. The van der Waals surface area contributed by atoms with Gasteiger partial charge < -0.3 is 18.9 Å². The molecule has 8 nitrogen and oxygen atoms in total. The molecule has 3 aromatic carbocycles. The zero-order valence-corrected chi connectivity index (χ0v) is 26.2. The monoisotopic (exact) mass is 638 g/mol. The number of carbonyl (C=O) groups excluding carboxylic acids is 1. The Morgan fingerprint density at radius 2 is 1.84 bits per heavy atom. The third-order valence-corrected chi connectivity index (χ3v) is 8.44. The summed E-state index contributed by atoms with van der Waals surface area (Å²) in [6, 6.07) is 17.0. The van der Waals surface area contributed by atoms with E-state index >= 15 is 0 Å². The number of hydrogen-bond acceptors (Lipinski definition) is 8. The van der Waals surface area contributed by atoms with Crippen LogP contribution in [0.4, 0.5) is 0 Å². The van der Waals surface area contributed by atoms with E-state index in [0.29, 0.717) is 53.5 Å². The number of aromatic nitrogens is 1. The topological polar surface area (TPSA) is 88.4 Å². The maximum atomic E-state index is 14.1. The summed E-state index contributed by atoms with van der Waals surface area (Å²) in [5, 5.41) is 1.07. The van der Waals surface area contributed by atoms with Crippen molar-refractivity contribution >= 4 is 46.6 Å². The molecule has 1 aromatic heterocycles. The minimum Gasteiger partial charge on any atom is -0.497 e. The van der Waals surface area contributed by atoms with E-state index in [4.69, 9.17) is 42.1 Å². The van der Waals surface area contributed by atoms with Crippen LogP contribution in [0.25, 0.3) is 6.08 Å². The van der Waals surface area contributed by atoms with Gasteiger partial charge in [0.2, 0.25) is 0 Å². The van der Waals surface area contributed by atoms with Crippen molar-refractivity contribution in [3.63, 3.8) is 0 Å². The summed E-state index contributed by atoms with van der Waals surface area (Å²) < 4.78 is 24.4. The number of thiazole rings is 1.